The zero-order chi connectivity index (χ0) is 34.7. The van der Waals surface area contributed by atoms with Gasteiger partial charge in [-0.05, 0) is 29.3 Å². The van der Waals surface area contributed by atoms with Gasteiger partial charge in [-0.2, -0.15) is 0 Å². The van der Waals surface area contributed by atoms with Gasteiger partial charge in [0.25, 0.3) is 0 Å². The van der Waals surface area contributed by atoms with Crippen molar-refractivity contribution in [2.24, 2.45) is 0 Å². The molecule has 4 rings (SSSR count). The van der Waals surface area contributed by atoms with E-state index in [0.29, 0.717) is 29.2 Å². The number of urea groups is 1. The molecule has 4 N–H and O–H groups in total. The number of amides is 4. The number of nitrogens with one attached hydrogen (secondary N) is 3. The largest absolute Gasteiger partial charge is 1.00 e. The van der Waals surface area contributed by atoms with Crippen LogP contribution in [0.5, 0.6) is 17.2 Å². The van der Waals surface area contributed by atoms with E-state index in [4.69, 9.17) is 14.4 Å². The van der Waals surface area contributed by atoms with E-state index in [9.17, 15) is 23.8 Å². The Labute approximate surface area is 307 Å². The molecule has 0 radical (unpaired) electrons. The zero-order valence-electron chi connectivity index (χ0n) is 27.7. The van der Waals surface area contributed by atoms with Crippen LogP contribution in [0.4, 0.5) is 4.79 Å². The number of nitrogens with zero attached hydrogens (tertiary/aromatic N) is 2. The SMILES string of the molecule is C=CCNCC(=O)N1[C@@H](NC(=O)NCc2ccccc2)CN(Cc2cccc(OC)c2OC)C(=O)[C@@H]1Cc1ccc(OP(=O)([O-])O)cc1.[Na+]. The first-order valence-electron chi connectivity index (χ1n) is 15.0. The molecular formula is C33H39N5NaO9P. The molecule has 0 saturated carbocycles. The number of hydrogen-bond donors (Lipinski definition) is 4. The van der Waals surface area contributed by atoms with Gasteiger partial charge >= 0.3 is 43.4 Å². The minimum atomic E-state index is -5.03. The summed E-state index contributed by atoms with van der Waals surface area (Å²) in [6, 6.07) is 18.7. The molecule has 1 fully saturated rings. The minimum Gasteiger partial charge on any atom is -0.746 e. The summed E-state index contributed by atoms with van der Waals surface area (Å²) in [6.45, 7) is 4.15. The molecule has 256 valence electrons. The summed E-state index contributed by atoms with van der Waals surface area (Å²) in [5, 5.41) is 8.68. The molecule has 16 heteroatoms. The molecule has 0 aliphatic carbocycles. The Kier molecular flexibility index (Phi) is 15.1. The summed E-state index contributed by atoms with van der Waals surface area (Å²) >= 11 is 0. The summed E-state index contributed by atoms with van der Waals surface area (Å²) in [5.41, 5.74) is 2.08. The molecule has 1 aliphatic rings. The van der Waals surface area contributed by atoms with E-state index in [1.165, 1.54) is 43.4 Å². The number of para-hydroxylation sites is 1. The van der Waals surface area contributed by atoms with Crippen LogP contribution in [0.1, 0.15) is 16.7 Å². The number of carbonyl (C=O) groups is 3. The molecule has 1 saturated heterocycles. The number of hydrogen-bond acceptors (Lipinski definition) is 9. The Hall–Kier alpha value is -3.88. The van der Waals surface area contributed by atoms with E-state index in [1.807, 2.05) is 30.3 Å². The molecule has 14 nitrogen and oxygen atoms in total. The molecular weight excluding hydrogens is 664 g/mol. The van der Waals surface area contributed by atoms with Gasteiger partial charge in [0.05, 0.1) is 27.3 Å². The van der Waals surface area contributed by atoms with Gasteiger partial charge in [0.15, 0.2) is 11.5 Å². The number of carbonyl (C=O) groups excluding carboxylic acids is 3. The van der Waals surface area contributed by atoms with Gasteiger partial charge in [-0.15, -0.1) is 6.58 Å². The maximum absolute atomic E-state index is 14.3. The van der Waals surface area contributed by atoms with Crippen LogP contribution in [-0.2, 0) is 33.7 Å². The fourth-order valence-electron chi connectivity index (χ4n) is 5.40. The molecule has 1 unspecified atom stereocenters. The predicted molar refractivity (Wildman–Crippen MR) is 175 cm³/mol. The Morgan fingerprint density at radius 2 is 1.76 bits per heavy atom. The second kappa shape index (κ2) is 18.8. The summed E-state index contributed by atoms with van der Waals surface area (Å²) in [6.07, 6.45) is 0.663. The van der Waals surface area contributed by atoms with Crippen LogP contribution >= 0.6 is 7.82 Å². The van der Waals surface area contributed by atoms with Crippen molar-refractivity contribution >= 4 is 25.7 Å². The smallest absolute Gasteiger partial charge is 0.746 e. The van der Waals surface area contributed by atoms with Gasteiger partial charge in [-0.1, -0.05) is 60.7 Å². The van der Waals surface area contributed by atoms with Gasteiger partial charge in [0.1, 0.15) is 18.0 Å². The molecule has 1 heterocycles. The van der Waals surface area contributed by atoms with E-state index in [0.717, 1.165) is 5.56 Å². The van der Waals surface area contributed by atoms with Crippen LogP contribution in [0, 0.1) is 0 Å². The van der Waals surface area contributed by atoms with Crippen molar-refractivity contribution in [1.82, 2.24) is 25.8 Å². The van der Waals surface area contributed by atoms with Crippen LogP contribution in [-0.4, -0.2) is 78.6 Å². The van der Waals surface area contributed by atoms with E-state index in [1.54, 1.807) is 29.2 Å². The summed E-state index contributed by atoms with van der Waals surface area (Å²) in [7, 11) is -2.02. The third-order valence-electron chi connectivity index (χ3n) is 7.53. The van der Waals surface area contributed by atoms with E-state index >= 15 is 0 Å². The van der Waals surface area contributed by atoms with Crippen LogP contribution in [0.3, 0.4) is 0 Å². The Balaban J connectivity index is 0.00000650. The molecule has 0 spiro atoms. The standard InChI is InChI=1S/C33H40N5O9P.Na/c1-4-17-34-20-30(39)38-27(18-23-13-15-26(16-14-23)47-48(42,43)44)32(40)37(21-25-11-8-12-28(45-2)31(25)46-3)22-29(38)36-33(41)35-19-24-9-6-5-7-10-24;/h4-16,27,29,34H,1,17-22H2,2-3H3,(H2,35,36,41)(H2,42,43,44);/q;+1/p-1/t27-,29+;/m0./s1. The first kappa shape index (κ1) is 39.6. The number of phosphoric ester groups is 1. The van der Waals surface area contributed by atoms with Crippen molar-refractivity contribution < 1.29 is 72.3 Å². The van der Waals surface area contributed by atoms with E-state index < -0.39 is 32.0 Å². The fraction of sp³-hybridized carbons (Fsp3) is 0.303. The van der Waals surface area contributed by atoms with Crippen molar-refractivity contribution in [1.29, 1.82) is 0 Å². The predicted octanol–water partition coefficient (Wildman–Crippen LogP) is -1.07. The van der Waals surface area contributed by atoms with Crippen molar-refractivity contribution in [3.63, 3.8) is 0 Å². The molecule has 0 aromatic heterocycles. The van der Waals surface area contributed by atoms with Gasteiger partial charge in [-0.25, -0.2) is 4.79 Å². The molecule has 3 atom stereocenters. The minimum absolute atomic E-state index is 0. The molecule has 49 heavy (non-hydrogen) atoms. The van der Waals surface area contributed by atoms with Crippen molar-refractivity contribution in [3.8, 4) is 17.2 Å². The monoisotopic (exact) mass is 703 g/mol. The Bertz CT molecular complexity index is 1620. The van der Waals surface area contributed by atoms with Crippen LogP contribution in [0.2, 0.25) is 0 Å². The number of rotatable bonds is 15. The van der Waals surface area contributed by atoms with Crippen molar-refractivity contribution in [3.05, 3.63) is 102 Å². The normalized spacial score (nSPS) is 16.9. The molecule has 3 aromatic rings. The van der Waals surface area contributed by atoms with E-state index in [-0.39, 0.29) is 73.8 Å². The summed E-state index contributed by atoms with van der Waals surface area (Å²) in [5.74, 6) is -0.0350. The average molecular weight is 704 g/mol. The number of phosphoric acid groups is 1. The number of ether oxygens (including phenoxy) is 2. The van der Waals surface area contributed by atoms with Crippen LogP contribution < -0.4 is 64.4 Å². The number of methoxy groups -OCH3 is 2. The third kappa shape index (κ3) is 11.3. The first-order chi connectivity index (χ1) is 23.0. The van der Waals surface area contributed by atoms with Gasteiger partial charge in [-0.3, -0.25) is 14.2 Å². The maximum Gasteiger partial charge on any atom is 1.00 e. The van der Waals surface area contributed by atoms with Gasteiger partial charge in [0.2, 0.25) is 11.8 Å². The average Bonchev–Trinajstić information content (AvgIpc) is 3.06. The van der Waals surface area contributed by atoms with Crippen LogP contribution in [0.25, 0.3) is 0 Å². The molecule has 3 aromatic carbocycles. The molecule has 1 aliphatic heterocycles. The fourth-order valence-corrected chi connectivity index (χ4v) is 5.79. The van der Waals surface area contributed by atoms with Crippen molar-refractivity contribution in [2.45, 2.75) is 31.7 Å². The van der Waals surface area contributed by atoms with Gasteiger partial charge in [0, 0.05) is 31.6 Å². The quantitative estimate of drug-likeness (QED) is 0.0659. The number of benzene rings is 3. The summed E-state index contributed by atoms with van der Waals surface area (Å²) < 4.78 is 26.8. The Morgan fingerprint density at radius 3 is 2.39 bits per heavy atom. The molecule has 0 bridgehead atoms. The first-order valence-corrected chi connectivity index (χ1v) is 16.5. The topological polar surface area (TPSA) is 182 Å². The van der Waals surface area contributed by atoms with Crippen molar-refractivity contribution in [2.75, 3.05) is 33.9 Å². The zero-order valence-corrected chi connectivity index (χ0v) is 30.6. The Morgan fingerprint density at radius 1 is 1.04 bits per heavy atom. The second-order valence-corrected chi connectivity index (χ2v) is 12.0. The third-order valence-corrected chi connectivity index (χ3v) is 7.97. The van der Waals surface area contributed by atoms with Gasteiger partial charge < -0.3 is 49.5 Å². The maximum atomic E-state index is 14.3. The summed E-state index contributed by atoms with van der Waals surface area (Å²) in [4.78, 5) is 64.5. The molecule has 4 amide bonds. The second-order valence-electron chi connectivity index (χ2n) is 10.8. The van der Waals surface area contributed by atoms with Crippen LogP contribution in [0.15, 0.2) is 85.5 Å². The number of piperazine rings is 1. The van der Waals surface area contributed by atoms with E-state index in [2.05, 4.69) is 27.1 Å².